The van der Waals surface area contributed by atoms with Gasteiger partial charge in [0.05, 0.1) is 0 Å². The van der Waals surface area contributed by atoms with Crippen LogP contribution in [0.3, 0.4) is 0 Å². The maximum absolute atomic E-state index is 11.0. The van der Waals surface area contributed by atoms with Crippen LogP contribution in [0.5, 0.6) is 0 Å². The molecule has 0 aromatic carbocycles. The maximum Gasteiger partial charge on any atom is 0.319 e. The third kappa shape index (κ3) is 2.05. The topological polar surface area (TPSA) is 85.1 Å². The Morgan fingerprint density at radius 3 is 2.67 bits per heavy atom. The van der Waals surface area contributed by atoms with Gasteiger partial charge in [-0.3, -0.25) is 15.1 Å². The Bertz CT molecular complexity index is 297. The van der Waals surface area contributed by atoms with E-state index >= 15 is 0 Å². The zero-order valence-electron chi connectivity index (χ0n) is 6.15. The van der Waals surface area contributed by atoms with Crippen LogP contribution in [-0.2, 0) is 0 Å². The number of nitrogens with zero attached hydrogens (tertiary/aromatic N) is 1. The minimum absolute atomic E-state index is 0.163. The molecule has 1 aromatic heterocycles. The fraction of sp³-hybridized carbons (Fsp3) is 0. The van der Waals surface area contributed by atoms with Gasteiger partial charge in [-0.15, -0.1) is 0 Å². The van der Waals surface area contributed by atoms with Crippen molar-refractivity contribution in [1.29, 1.82) is 0 Å². The lowest BCUT2D eigenvalue weighted by molar-refractivity contribution is 0.0961. The number of nitrogens with one attached hydrogen (secondary N) is 1. The molecule has 12 heavy (non-hydrogen) atoms. The molecular weight excluding hydrogens is 158 g/mol. The van der Waals surface area contributed by atoms with Crippen LogP contribution in [0.25, 0.3) is 0 Å². The highest BCUT2D eigenvalue weighted by Gasteiger charge is 2.06. The van der Waals surface area contributed by atoms with Crippen LogP contribution in [-0.4, -0.2) is 16.9 Å². The van der Waals surface area contributed by atoms with Crippen molar-refractivity contribution in [2.75, 3.05) is 0 Å². The third-order valence-electron chi connectivity index (χ3n) is 1.13. The number of aromatic nitrogens is 1. The van der Waals surface area contributed by atoms with Crippen molar-refractivity contribution in [1.82, 2.24) is 10.3 Å². The summed E-state index contributed by atoms with van der Waals surface area (Å²) in [6, 6.07) is 3.91. The Morgan fingerprint density at radius 1 is 1.42 bits per heavy atom. The van der Waals surface area contributed by atoms with Gasteiger partial charge in [0.15, 0.2) is 0 Å². The molecule has 0 radical (unpaired) electrons. The molecule has 0 aliphatic heterocycles. The molecule has 0 fully saturated rings. The lowest BCUT2D eigenvalue weighted by Gasteiger charge is -1.97. The van der Waals surface area contributed by atoms with Crippen molar-refractivity contribution in [3.63, 3.8) is 0 Å². The van der Waals surface area contributed by atoms with E-state index in [4.69, 9.17) is 5.73 Å². The number of pyridine rings is 1. The molecule has 0 saturated carbocycles. The second-order valence-corrected chi connectivity index (χ2v) is 2.03. The monoisotopic (exact) mass is 165 g/mol. The van der Waals surface area contributed by atoms with Gasteiger partial charge in [0, 0.05) is 6.20 Å². The molecule has 0 aliphatic rings. The predicted octanol–water partition coefficient (Wildman–Crippen LogP) is -0.110. The highest BCUT2D eigenvalue weighted by Crippen LogP contribution is 1.91. The average molecular weight is 165 g/mol. The number of hydrogen-bond donors (Lipinski definition) is 2. The Hall–Kier alpha value is -1.91. The number of amides is 3. The first-order valence-corrected chi connectivity index (χ1v) is 3.22. The van der Waals surface area contributed by atoms with Gasteiger partial charge in [-0.2, -0.15) is 0 Å². The molecule has 3 N–H and O–H groups in total. The van der Waals surface area contributed by atoms with Crippen molar-refractivity contribution in [2.24, 2.45) is 5.73 Å². The SMILES string of the molecule is NC(=O)NC(=O)c1ccccn1. The highest BCUT2D eigenvalue weighted by atomic mass is 16.2. The fourth-order valence-corrected chi connectivity index (χ4v) is 0.673. The van der Waals surface area contributed by atoms with E-state index in [2.05, 4.69) is 4.98 Å². The number of carbonyl (C=O) groups excluding carboxylic acids is 2. The summed E-state index contributed by atoms with van der Waals surface area (Å²) in [5, 5.41) is 1.90. The summed E-state index contributed by atoms with van der Waals surface area (Å²) in [5.74, 6) is -0.594. The number of primary amides is 1. The number of carbonyl (C=O) groups is 2. The Kier molecular flexibility index (Phi) is 2.37. The smallest absolute Gasteiger partial charge is 0.319 e. The van der Waals surface area contributed by atoms with Crippen molar-refractivity contribution >= 4 is 11.9 Å². The summed E-state index contributed by atoms with van der Waals surface area (Å²) < 4.78 is 0. The normalized spacial score (nSPS) is 9.00. The van der Waals surface area contributed by atoms with Gasteiger partial charge >= 0.3 is 6.03 Å². The van der Waals surface area contributed by atoms with Gasteiger partial charge in [-0.05, 0) is 12.1 Å². The molecule has 0 unspecified atom stereocenters. The van der Waals surface area contributed by atoms with E-state index in [0.29, 0.717) is 0 Å². The van der Waals surface area contributed by atoms with Crippen molar-refractivity contribution in [3.05, 3.63) is 30.1 Å². The van der Waals surface area contributed by atoms with Crippen LogP contribution in [0.2, 0.25) is 0 Å². The lowest BCUT2D eigenvalue weighted by Crippen LogP contribution is -2.35. The molecule has 5 heteroatoms. The van der Waals surface area contributed by atoms with E-state index in [1.807, 2.05) is 5.32 Å². The second kappa shape index (κ2) is 3.47. The molecule has 1 aromatic rings. The van der Waals surface area contributed by atoms with Crippen molar-refractivity contribution < 1.29 is 9.59 Å². The Balaban J connectivity index is 2.73. The van der Waals surface area contributed by atoms with E-state index in [-0.39, 0.29) is 5.69 Å². The fourth-order valence-electron chi connectivity index (χ4n) is 0.673. The second-order valence-electron chi connectivity index (χ2n) is 2.03. The first kappa shape index (κ1) is 8.19. The first-order chi connectivity index (χ1) is 5.70. The molecule has 0 atom stereocenters. The molecule has 0 bridgehead atoms. The summed E-state index contributed by atoms with van der Waals surface area (Å²) in [6.07, 6.45) is 1.45. The highest BCUT2D eigenvalue weighted by molar-refractivity contribution is 6.02. The summed E-state index contributed by atoms with van der Waals surface area (Å²) in [4.78, 5) is 24.9. The number of nitrogens with two attached hydrogens (primary N) is 1. The minimum Gasteiger partial charge on any atom is -0.351 e. The van der Waals surface area contributed by atoms with Gasteiger partial charge < -0.3 is 5.73 Å². The van der Waals surface area contributed by atoms with Crippen LogP contribution in [0.15, 0.2) is 24.4 Å². The molecule has 1 rings (SSSR count). The Morgan fingerprint density at radius 2 is 2.17 bits per heavy atom. The van der Waals surface area contributed by atoms with Crippen LogP contribution < -0.4 is 11.1 Å². The van der Waals surface area contributed by atoms with Gasteiger partial charge in [0.2, 0.25) is 0 Å². The minimum atomic E-state index is -0.884. The van der Waals surface area contributed by atoms with Crippen LogP contribution in [0.4, 0.5) is 4.79 Å². The zero-order valence-corrected chi connectivity index (χ0v) is 6.15. The summed E-state index contributed by atoms with van der Waals surface area (Å²) in [7, 11) is 0. The van der Waals surface area contributed by atoms with Crippen LogP contribution >= 0.6 is 0 Å². The van der Waals surface area contributed by atoms with Crippen molar-refractivity contribution in [3.8, 4) is 0 Å². The molecular formula is C7H7N3O2. The van der Waals surface area contributed by atoms with E-state index in [9.17, 15) is 9.59 Å². The van der Waals surface area contributed by atoms with E-state index in [0.717, 1.165) is 0 Å². The van der Waals surface area contributed by atoms with E-state index in [1.54, 1.807) is 12.1 Å². The average Bonchev–Trinajstić information content (AvgIpc) is 2.05. The summed E-state index contributed by atoms with van der Waals surface area (Å²) >= 11 is 0. The van der Waals surface area contributed by atoms with Gasteiger partial charge in [-0.25, -0.2) is 4.79 Å². The number of imide groups is 1. The summed E-state index contributed by atoms with van der Waals surface area (Å²) in [6.45, 7) is 0. The molecule has 5 nitrogen and oxygen atoms in total. The number of rotatable bonds is 1. The lowest BCUT2D eigenvalue weighted by atomic mass is 10.3. The van der Waals surface area contributed by atoms with Crippen LogP contribution in [0, 0.1) is 0 Å². The Labute approximate surface area is 68.6 Å². The van der Waals surface area contributed by atoms with Gasteiger partial charge in [0.25, 0.3) is 5.91 Å². The summed E-state index contributed by atoms with van der Waals surface area (Å²) in [5.41, 5.74) is 4.90. The molecule has 0 spiro atoms. The standard InChI is InChI=1S/C7H7N3O2/c8-7(12)10-6(11)5-3-1-2-4-9-5/h1-4H,(H3,8,10,11,12). The zero-order chi connectivity index (χ0) is 8.97. The van der Waals surface area contributed by atoms with E-state index < -0.39 is 11.9 Å². The molecule has 62 valence electrons. The van der Waals surface area contributed by atoms with Gasteiger partial charge in [-0.1, -0.05) is 6.07 Å². The van der Waals surface area contributed by atoms with Crippen molar-refractivity contribution in [2.45, 2.75) is 0 Å². The quantitative estimate of drug-likeness (QED) is 0.608. The number of hydrogen-bond acceptors (Lipinski definition) is 3. The molecule has 0 saturated heterocycles. The molecule has 1 heterocycles. The largest absolute Gasteiger partial charge is 0.351 e. The van der Waals surface area contributed by atoms with Gasteiger partial charge in [0.1, 0.15) is 5.69 Å². The molecule has 0 aliphatic carbocycles. The third-order valence-corrected chi connectivity index (χ3v) is 1.13. The molecule has 3 amide bonds. The van der Waals surface area contributed by atoms with Crippen LogP contribution in [0.1, 0.15) is 10.5 Å². The number of urea groups is 1. The van der Waals surface area contributed by atoms with E-state index in [1.165, 1.54) is 12.3 Å². The predicted molar refractivity (Wildman–Crippen MR) is 41.3 cm³/mol. The first-order valence-electron chi connectivity index (χ1n) is 3.22. The maximum atomic E-state index is 11.0.